The number of nitrogens with zero attached hydrogens (tertiary/aromatic N) is 2. The van der Waals surface area contributed by atoms with Crippen LogP contribution in [0.15, 0.2) is 77.2 Å². The average molecular weight is 588 g/mol. The lowest BCUT2D eigenvalue weighted by Crippen LogP contribution is -2.36. The molecule has 0 bridgehead atoms. The summed E-state index contributed by atoms with van der Waals surface area (Å²) in [4.78, 5) is 18.2. The van der Waals surface area contributed by atoms with E-state index in [2.05, 4.69) is 60.3 Å². The summed E-state index contributed by atoms with van der Waals surface area (Å²) >= 11 is 0. The Labute approximate surface area is 250 Å². The first-order valence-electron chi connectivity index (χ1n) is 14.9. The normalized spacial score (nSPS) is 16.8. The smallest absolute Gasteiger partial charge is 0.251 e. The molecule has 0 aliphatic carbocycles. The van der Waals surface area contributed by atoms with Crippen molar-refractivity contribution >= 4 is 33.2 Å². The highest BCUT2D eigenvalue weighted by Gasteiger charge is 2.25. The highest BCUT2D eigenvalue weighted by molar-refractivity contribution is 7.91. The molecule has 0 aromatic heterocycles. The number of hydrogen-bond donors (Lipinski definition) is 1. The predicted molar refractivity (Wildman–Crippen MR) is 170 cm³/mol. The second-order valence-corrected chi connectivity index (χ2v) is 13.2. The zero-order valence-electron chi connectivity index (χ0n) is 24.8. The molecule has 0 radical (unpaired) electrons. The highest BCUT2D eigenvalue weighted by atomic mass is 32.2. The predicted octanol–water partition coefficient (Wildman–Crippen LogP) is 6.01. The van der Waals surface area contributed by atoms with E-state index in [-0.39, 0.29) is 23.0 Å². The van der Waals surface area contributed by atoms with Gasteiger partial charge in [-0.2, -0.15) is 0 Å². The van der Waals surface area contributed by atoms with Crippen LogP contribution in [0.25, 0.3) is 17.2 Å². The Hall–Kier alpha value is -3.46. The number of anilines is 2. The molecule has 2 aliphatic heterocycles. The molecule has 1 N–H and O–H groups in total. The molecule has 42 heavy (non-hydrogen) atoms. The van der Waals surface area contributed by atoms with Crippen LogP contribution in [0.5, 0.6) is 0 Å². The quantitative estimate of drug-likeness (QED) is 0.330. The van der Waals surface area contributed by atoms with E-state index in [1.54, 1.807) is 12.1 Å². The molecular weight excluding hydrogens is 546 g/mol. The van der Waals surface area contributed by atoms with Crippen LogP contribution < -0.4 is 10.2 Å². The molecule has 0 unspecified atom stereocenters. The van der Waals surface area contributed by atoms with Crippen LogP contribution in [-0.2, 0) is 25.9 Å². The number of amides is 1. The summed E-state index contributed by atoms with van der Waals surface area (Å²) in [5.41, 5.74) is 5.93. The minimum absolute atomic E-state index is 0.103. The molecule has 1 fully saturated rings. The lowest BCUT2D eigenvalue weighted by Gasteiger charge is -2.31. The van der Waals surface area contributed by atoms with Crippen LogP contribution in [0.2, 0.25) is 0 Å². The minimum atomic E-state index is -3.52. The van der Waals surface area contributed by atoms with E-state index in [0.717, 1.165) is 62.5 Å². The van der Waals surface area contributed by atoms with E-state index < -0.39 is 9.84 Å². The third-order valence-electron chi connectivity index (χ3n) is 8.39. The molecule has 5 rings (SSSR count). The van der Waals surface area contributed by atoms with E-state index in [1.165, 1.54) is 5.56 Å². The topological polar surface area (TPSA) is 79.0 Å². The zero-order valence-corrected chi connectivity index (χ0v) is 25.6. The van der Waals surface area contributed by atoms with E-state index in [1.807, 2.05) is 36.4 Å². The van der Waals surface area contributed by atoms with Gasteiger partial charge in [0.25, 0.3) is 5.91 Å². The van der Waals surface area contributed by atoms with Crippen molar-refractivity contribution < 1.29 is 17.9 Å². The molecule has 7 nitrogen and oxygen atoms in total. The molecule has 0 spiro atoms. The molecule has 1 saturated heterocycles. The Morgan fingerprint density at radius 2 is 1.60 bits per heavy atom. The molecule has 3 aromatic rings. The minimum Gasteiger partial charge on any atom is -0.381 e. The summed E-state index contributed by atoms with van der Waals surface area (Å²) in [5.74, 6) is -0.381. The number of carbonyl (C=O) groups is 1. The van der Waals surface area contributed by atoms with Crippen LogP contribution in [0.4, 0.5) is 11.4 Å². The number of benzene rings is 3. The van der Waals surface area contributed by atoms with Gasteiger partial charge in [0.1, 0.15) is 0 Å². The Morgan fingerprint density at radius 1 is 0.929 bits per heavy atom. The lowest BCUT2D eigenvalue weighted by molar-refractivity contribution is -0.112. The third kappa shape index (κ3) is 6.94. The molecule has 2 heterocycles. The number of nitrogens with one attached hydrogen (secondary N) is 1. The first kappa shape index (κ1) is 30.0. The summed E-state index contributed by atoms with van der Waals surface area (Å²) in [6.45, 7) is 8.58. The van der Waals surface area contributed by atoms with Gasteiger partial charge in [-0.1, -0.05) is 30.3 Å². The zero-order chi connectivity index (χ0) is 29.7. The van der Waals surface area contributed by atoms with Gasteiger partial charge in [-0.15, -0.1) is 0 Å². The standard InChI is InChI=1S/C34H41N3O4S/c1-4-37(5-2)32-13-8-26(9-14-32)27-10-15-33-29(22-27)23-28(18-21-42(33,39)40)34(38)35-30-11-6-25(7-12-30)24-36(3)31-16-19-41-20-17-31/h6-15,22-23,31H,4-5,16-21,24H2,1-3H3,(H,35,38). The lowest BCUT2D eigenvalue weighted by atomic mass is 10.0. The van der Waals surface area contributed by atoms with Gasteiger partial charge < -0.3 is 15.0 Å². The van der Waals surface area contributed by atoms with Gasteiger partial charge in [0.15, 0.2) is 9.84 Å². The Morgan fingerprint density at radius 3 is 2.26 bits per heavy atom. The van der Waals surface area contributed by atoms with Crippen molar-refractivity contribution in [1.82, 2.24) is 4.90 Å². The van der Waals surface area contributed by atoms with Crippen LogP contribution in [-0.4, -0.2) is 64.4 Å². The summed E-state index contributed by atoms with van der Waals surface area (Å²) in [7, 11) is -1.38. The number of fused-ring (bicyclic) bond motifs is 1. The van der Waals surface area contributed by atoms with Gasteiger partial charge in [-0.05, 0) is 105 Å². The second-order valence-electron chi connectivity index (χ2n) is 11.1. The summed E-state index contributed by atoms with van der Waals surface area (Å²) < 4.78 is 31.7. The van der Waals surface area contributed by atoms with Crippen molar-refractivity contribution in [3.63, 3.8) is 0 Å². The van der Waals surface area contributed by atoms with Gasteiger partial charge in [-0.25, -0.2) is 8.42 Å². The van der Waals surface area contributed by atoms with Crippen LogP contribution in [0, 0.1) is 0 Å². The maximum atomic E-state index is 13.3. The maximum absolute atomic E-state index is 13.3. The fourth-order valence-electron chi connectivity index (χ4n) is 5.82. The molecule has 1 amide bonds. The van der Waals surface area contributed by atoms with Crippen molar-refractivity contribution in [1.29, 1.82) is 0 Å². The fraction of sp³-hybridized carbons (Fsp3) is 0.382. The van der Waals surface area contributed by atoms with Gasteiger partial charge >= 0.3 is 0 Å². The highest BCUT2D eigenvalue weighted by Crippen LogP contribution is 2.32. The van der Waals surface area contributed by atoms with Crippen molar-refractivity contribution in [3.05, 3.63) is 83.4 Å². The third-order valence-corrected chi connectivity index (χ3v) is 10.2. The largest absolute Gasteiger partial charge is 0.381 e. The van der Waals surface area contributed by atoms with E-state index >= 15 is 0 Å². The fourth-order valence-corrected chi connectivity index (χ4v) is 7.28. The first-order chi connectivity index (χ1) is 20.3. The van der Waals surface area contributed by atoms with E-state index in [0.29, 0.717) is 22.9 Å². The molecule has 0 atom stereocenters. The molecule has 8 heteroatoms. The van der Waals surface area contributed by atoms with Crippen molar-refractivity contribution in [2.45, 2.75) is 50.6 Å². The van der Waals surface area contributed by atoms with Crippen LogP contribution in [0.3, 0.4) is 0 Å². The Balaban J connectivity index is 1.32. The van der Waals surface area contributed by atoms with Crippen LogP contribution in [0.1, 0.15) is 44.2 Å². The van der Waals surface area contributed by atoms with Crippen molar-refractivity contribution in [2.75, 3.05) is 49.3 Å². The Bertz CT molecular complexity index is 1520. The summed E-state index contributed by atoms with van der Waals surface area (Å²) in [5, 5.41) is 2.98. The van der Waals surface area contributed by atoms with E-state index in [9.17, 15) is 13.2 Å². The van der Waals surface area contributed by atoms with Crippen molar-refractivity contribution in [2.24, 2.45) is 0 Å². The van der Waals surface area contributed by atoms with Gasteiger partial charge in [0.05, 0.1) is 10.6 Å². The van der Waals surface area contributed by atoms with Gasteiger partial charge in [0, 0.05) is 55.8 Å². The average Bonchev–Trinajstić information content (AvgIpc) is 3.14. The second kappa shape index (κ2) is 13.2. The number of hydrogen-bond acceptors (Lipinski definition) is 6. The maximum Gasteiger partial charge on any atom is 0.251 e. The molecule has 3 aromatic carbocycles. The van der Waals surface area contributed by atoms with Gasteiger partial charge in [-0.3, -0.25) is 9.69 Å². The van der Waals surface area contributed by atoms with Crippen molar-refractivity contribution in [3.8, 4) is 11.1 Å². The number of rotatable bonds is 9. The monoisotopic (exact) mass is 587 g/mol. The first-order valence-corrected chi connectivity index (χ1v) is 16.5. The van der Waals surface area contributed by atoms with E-state index in [4.69, 9.17) is 4.74 Å². The van der Waals surface area contributed by atoms with Gasteiger partial charge in [0.2, 0.25) is 0 Å². The molecule has 2 aliphatic rings. The SMILES string of the molecule is CCN(CC)c1ccc(-c2ccc3c(c2)C=C(C(=O)Nc2ccc(CN(C)C4CCOCC4)cc2)CCS3(=O)=O)cc1. The Kier molecular flexibility index (Phi) is 9.46. The van der Waals surface area contributed by atoms with Crippen LogP contribution >= 0.6 is 0 Å². The molecular formula is C34H41N3O4S. The number of sulfone groups is 1. The number of ether oxygens (including phenoxy) is 1. The summed E-state index contributed by atoms with van der Waals surface area (Å²) in [6, 6.07) is 22.1. The molecule has 0 saturated carbocycles. The summed E-state index contributed by atoms with van der Waals surface area (Å²) in [6.07, 6.45) is 3.98. The number of carbonyl (C=O) groups excluding carboxylic acids is 1. The molecule has 222 valence electrons.